The molecule has 0 saturated heterocycles. The van der Waals surface area contributed by atoms with Gasteiger partial charge in [0, 0.05) is 12.7 Å². The van der Waals surface area contributed by atoms with Crippen molar-refractivity contribution in [3.63, 3.8) is 0 Å². The topological polar surface area (TPSA) is 67.2 Å². The zero-order valence-corrected chi connectivity index (χ0v) is 9.53. The first-order valence-corrected chi connectivity index (χ1v) is 4.79. The number of aryl methyl sites for hydroxylation is 1. The van der Waals surface area contributed by atoms with E-state index >= 15 is 0 Å². The van der Waals surface area contributed by atoms with E-state index in [1.54, 1.807) is 25.6 Å². The number of carbonyl (C=O) groups excluding carboxylic acids is 1. The van der Waals surface area contributed by atoms with Crippen LogP contribution in [0.3, 0.4) is 0 Å². The summed E-state index contributed by atoms with van der Waals surface area (Å²) in [5, 5.41) is 15.7. The van der Waals surface area contributed by atoms with Crippen LogP contribution >= 0.6 is 0 Å². The molecule has 1 amide bonds. The Hall–Kier alpha value is -1.36. The lowest BCUT2D eigenvalue weighted by Crippen LogP contribution is -2.46. The van der Waals surface area contributed by atoms with Crippen LogP contribution < -0.4 is 5.32 Å². The highest BCUT2D eigenvalue weighted by Crippen LogP contribution is 2.08. The van der Waals surface area contributed by atoms with E-state index in [9.17, 15) is 4.79 Å². The Balaban J connectivity index is 2.83. The zero-order chi connectivity index (χ0) is 11.6. The minimum Gasteiger partial charge on any atom is -0.394 e. The SMILES string of the molecule is Cc1c(C(=O)NC(C)(C)CO)cnn1C. The quantitative estimate of drug-likeness (QED) is 0.752. The summed E-state index contributed by atoms with van der Waals surface area (Å²) in [5.41, 5.74) is 0.736. The largest absolute Gasteiger partial charge is 0.394 e. The Morgan fingerprint density at radius 2 is 2.27 bits per heavy atom. The van der Waals surface area contributed by atoms with Gasteiger partial charge < -0.3 is 10.4 Å². The van der Waals surface area contributed by atoms with E-state index in [1.165, 1.54) is 6.20 Å². The third-order valence-electron chi connectivity index (χ3n) is 2.33. The van der Waals surface area contributed by atoms with Crippen molar-refractivity contribution in [2.24, 2.45) is 7.05 Å². The maximum atomic E-state index is 11.8. The highest BCUT2D eigenvalue weighted by atomic mass is 16.3. The van der Waals surface area contributed by atoms with Gasteiger partial charge in [0.2, 0.25) is 0 Å². The van der Waals surface area contributed by atoms with Crippen LogP contribution in [0.5, 0.6) is 0 Å². The second-order valence-corrected chi connectivity index (χ2v) is 4.26. The number of hydrogen-bond acceptors (Lipinski definition) is 3. The molecule has 5 nitrogen and oxygen atoms in total. The van der Waals surface area contributed by atoms with E-state index in [4.69, 9.17) is 5.11 Å². The lowest BCUT2D eigenvalue weighted by Gasteiger charge is -2.23. The molecule has 0 radical (unpaired) electrons. The van der Waals surface area contributed by atoms with Crippen LogP contribution in [0.4, 0.5) is 0 Å². The van der Waals surface area contributed by atoms with Gasteiger partial charge in [0.25, 0.3) is 5.91 Å². The van der Waals surface area contributed by atoms with Crippen LogP contribution in [-0.4, -0.2) is 32.9 Å². The highest BCUT2D eigenvalue weighted by molar-refractivity contribution is 5.95. The van der Waals surface area contributed by atoms with Gasteiger partial charge in [0.15, 0.2) is 0 Å². The van der Waals surface area contributed by atoms with Crippen molar-refractivity contribution < 1.29 is 9.90 Å². The number of aliphatic hydroxyl groups excluding tert-OH is 1. The minimum absolute atomic E-state index is 0.0992. The zero-order valence-electron chi connectivity index (χ0n) is 9.53. The van der Waals surface area contributed by atoms with E-state index in [1.807, 2.05) is 6.92 Å². The number of hydrogen-bond donors (Lipinski definition) is 2. The van der Waals surface area contributed by atoms with E-state index in [-0.39, 0.29) is 12.5 Å². The molecule has 1 aromatic rings. The first kappa shape index (κ1) is 11.7. The van der Waals surface area contributed by atoms with Gasteiger partial charge in [0.05, 0.1) is 23.9 Å². The van der Waals surface area contributed by atoms with E-state index in [0.29, 0.717) is 5.56 Å². The fourth-order valence-electron chi connectivity index (χ4n) is 1.14. The predicted molar refractivity (Wildman–Crippen MR) is 56.6 cm³/mol. The summed E-state index contributed by atoms with van der Waals surface area (Å²) in [4.78, 5) is 11.8. The first-order chi connectivity index (χ1) is 6.87. The number of nitrogens with zero attached hydrogens (tertiary/aromatic N) is 2. The molecular formula is C10H17N3O2. The Kier molecular flexibility index (Phi) is 3.14. The van der Waals surface area contributed by atoms with Crippen molar-refractivity contribution in [3.05, 3.63) is 17.5 Å². The number of carbonyl (C=O) groups is 1. The van der Waals surface area contributed by atoms with Crippen LogP contribution in [-0.2, 0) is 7.05 Å². The Labute approximate surface area is 89.1 Å². The van der Waals surface area contributed by atoms with Gasteiger partial charge in [-0.1, -0.05) is 0 Å². The molecule has 15 heavy (non-hydrogen) atoms. The highest BCUT2D eigenvalue weighted by Gasteiger charge is 2.22. The van der Waals surface area contributed by atoms with Crippen molar-refractivity contribution in [2.75, 3.05) is 6.61 Å². The molecule has 0 fully saturated rings. The monoisotopic (exact) mass is 211 g/mol. The Morgan fingerprint density at radius 3 is 2.67 bits per heavy atom. The molecule has 1 heterocycles. The van der Waals surface area contributed by atoms with Crippen molar-refractivity contribution in [3.8, 4) is 0 Å². The van der Waals surface area contributed by atoms with Gasteiger partial charge >= 0.3 is 0 Å². The normalized spacial score (nSPS) is 11.5. The minimum atomic E-state index is -0.612. The lowest BCUT2D eigenvalue weighted by atomic mass is 10.1. The molecule has 0 unspecified atom stereocenters. The molecule has 0 atom stereocenters. The lowest BCUT2D eigenvalue weighted by molar-refractivity contribution is 0.0868. The molecule has 0 aliphatic carbocycles. The molecule has 2 N–H and O–H groups in total. The van der Waals surface area contributed by atoms with E-state index in [0.717, 1.165) is 5.69 Å². The van der Waals surface area contributed by atoms with Crippen molar-refractivity contribution >= 4 is 5.91 Å². The predicted octanol–water partition coefficient (Wildman–Crippen LogP) is 0.229. The molecular weight excluding hydrogens is 194 g/mol. The van der Waals surface area contributed by atoms with E-state index < -0.39 is 5.54 Å². The van der Waals surface area contributed by atoms with Crippen molar-refractivity contribution in [1.29, 1.82) is 0 Å². The Morgan fingerprint density at radius 1 is 1.67 bits per heavy atom. The number of rotatable bonds is 3. The van der Waals surface area contributed by atoms with Crippen LogP contribution in [0.15, 0.2) is 6.20 Å². The van der Waals surface area contributed by atoms with Crippen molar-refractivity contribution in [2.45, 2.75) is 26.3 Å². The van der Waals surface area contributed by atoms with Gasteiger partial charge in [-0.2, -0.15) is 5.10 Å². The molecule has 0 aliphatic rings. The van der Waals surface area contributed by atoms with Crippen molar-refractivity contribution in [1.82, 2.24) is 15.1 Å². The molecule has 0 spiro atoms. The molecule has 5 heteroatoms. The molecule has 0 aromatic carbocycles. The number of aliphatic hydroxyl groups is 1. The first-order valence-electron chi connectivity index (χ1n) is 4.79. The smallest absolute Gasteiger partial charge is 0.255 e. The van der Waals surface area contributed by atoms with Crippen LogP contribution in [0.25, 0.3) is 0 Å². The summed E-state index contributed by atoms with van der Waals surface area (Å²) >= 11 is 0. The summed E-state index contributed by atoms with van der Waals surface area (Å²) in [7, 11) is 1.78. The summed E-state index contributed by atoms with van der Waals surface area (Å²) < 4.78 is 1.64. The average Bonchev–Trinajstić information content (AvgIpc) is 2.47. The summed E-state index contributed by atoms with van der Waals surface area (Å²) in [6.07, 6.45) is 1.53. The fraction of sp³-hybridized carbons (Fsp3) is 0.600. The van der Waals surface area contributed by atoms with Crippen LogP contribution in [0.1, 0.15) is 29.9 Å². The third-order valence-corrected chi connectivity index (χ3v) is 2.33. The summed E-state index contributed by atoms with van der Waals surface area (Å²) in [6.45, 7) is 5.25. The van der Waals surface area contributed by atoms with Crippen LogP contribution in [0, 0.1) is 6.92 Å². The summed E-state index contributed by atoms with van der Waals surface area (Å²) in [5.74, 6) is -0.209. The second-order valence-electron chi connectivity index (χ2n) is 4.26. The third kappa shape index (κ3) is 2.56. The van der Waals surface area contributed by atoms with Gasteiger partial charge in [-0.25, -0.2) is 0 Å². The maximum absolute atomic E-state index is 11.8. The van der Waals surface area contributed by atoms with Crippen LogP contribution in [0.2, 0.25) is 0 Å². The molecule has 1 aromatic heterocycles. The molecule has 0 saturated carbocycles. The second kappa shape index (κ2) is 4.02. The number of nitrogens with one attached hydrogen (secondary N) is 1. The molecule has 84 valence electrons. The van der Waals surface area contributed by atoms with Gasteiger partial charge in [-0.3, -0.25) is 9.48 Å². The number of aromatic nitrogens is 2. The fourth-order valence-corrected chi connectivity index (χ4v) is 1.14. The molecule has 0 bridgehead atoms. The van der Waals surface area contributed by atoms with Gasteiger partial charge in [-0.15, -0.1) is 0 Å². The summed E-state index contributed by atoms with van der Waals surface area (Å²) in [6, 6.07) is 0. The van der Waals surface area contributed by atoms with Gasteiger partial charge in [-0.05, 0) is 20.8 Å². The molecule has 0 aliphatic heterocycles. The molecule has 1 rings (SSSR count). The number of amides is 1. The average molecular weight is 211 g/mol. The van der Waals surface area contributed by atoms with E-state index in [2.05, 4.69) is 10.4 Å². The standard InChI is InChI=1S/C10H17N3O2/c1-7-8(5-11-13(7)4)9(15)12-10(2,3)6-14/h5,14H,6H2,1-4H3,(H,12,15). The van der Waals surface area contributed by atoms with Gasteiger partial charge in [0.1, 0.15) is 0 Å². The maximum Gasteiger partial charge on any atom is 0.255 e. The Bertz CT molecular complexity index is 369.